The minimum absolute atomic E-state index is 0. The van der Waals surface area contributed by atoms with Gasteiger partial charge in [0.2, 0.25) is 0 Å². The molecular weight excluding hydrogens is 231 g/mol. The lowest BCUT2D eigenvalue weighted by molar-refractivity contribution is 1.48. The predicted molar refractivity (Wildman–Crippen MR) is 74.6 cm³/mol. The molecule has 0 heterocycles. The van der Waals surface area contributed by atoms with Gasteiger partial charge < -0.3 is 0 Å². The largest absolute Gasteiger partial charge is 0.298 e. The van der Waals surface area contributed by atoms with Gasteiger partial charge in [0.1, 0.15) is 0 Å². The fourth-order valence-corrected chi connectivity index (χ4v) is 2.67. The summed E-state index contributed by atoms with van der Waals surface area (Å²) in [6.07, 6.45) is 0. The zero-order valence-corrected chi connectivity index (χ0v) is 11.6. The highest BCUT2D eigenvalue weighted by Crippen LogP contribution is 1.94. The van der Waals surface area contributed by atoms with Gasteiger partial charge in [-0.3, -0.25) is 0 Å². The Balaban J connectivity index is 0.00000128. The fraction of sp³-hybridized carbons (Fsp3) is 0.143. The summed E-state index contributed by atoms with van der Waals surface area (Å²) in [4.78, 5) is 0. The minimum Gasteiger partial charge on any atom is -0.147 e. The zero-order chi connectivity index (χ0) is 10.7. The maximum atomic E-state index is 2.24. The third kappa shape index (κ3) is 3.69. The monoisotopic (exact) mass is 245 g/mol. The lowest BCUT2D eigenvalue weighted by atomic mass is 10.2. The number of rotatable bonds is 2. The van der Waals surface area contributed by atoms with Gasteiger partial charge in [0.05, 0.1) is 0 Å². The van der Waals surface area contributed by atoms with E-state index in [0.29, 0.717) is 0 Å². The van der Waals surface area contributed by atoms with Crippen molar-refractivity contribution in [3.8, 4) is 0 Å². The van der Waals surface area contributed by atoms with Crippen LogP contribution in [0.3, 0.4) is 0 Å². The Morgan fingerprint density at radius 2 is 0.938 bits per heavy atom. The summed E-state index contributed by atoms with van der Waals surface area (Å²) in [7, 11) is 0. The van der Waals surface area contributed by atoms with E-state index in [0.717, 1.165) is 0 Å². The summed E-state index contributed by atoms with van der Waals surface area (Å²) in [5, 5.41) is 0. The van der Waals surface area contributed by atoms with E-state index in [4.69, 9.17) is 0 Å². The van der Waals surface area contributed by atoms with Gasteiger partial charge >= 0.3 is 0 Å². The highest BCUT2D eigenvalue weighted by atomic mass is 35.5. The van der Waals surface area contributed by atoms with Crippen LogP contribution in [0.1, 0.15) is 11.1 Å². The molecule has 0 atom stereocenters. The lowest BCUT2D eigenvalue weighted by Crippen LogP contribution is -2.26. The first-order valence-electron chi connectivity index (χ1n) is 5.22. The molecule has 0 fully saturated rings. The van der Waals surface area contributed by atoms with Gasteiger partial charge in [0.25, 0.3) is 15.2 Å². The van der Waals surface area contributed by atoms with Crippen molar-refractivity contribution in [2.24, 2.45) is 0 Å². The third-order valence-corrected chi connectivity index (χ3v) is 3.92. The second-order valence-electron chi connectivity index (χ2n) is 3.97. The second-order valence-corrected chi connectivity index (χ2v) is 5.59. The van der Waals surface area contributed by atoms with Gasteiger partial charge in [-0.05, 0) is 13.8 Å². The van der Waals surface area contributed by atoms with Crippen molar-refractivity contribution in [3.63, 3.8) is 0 Å². The summed E-state index contributed by atoms with van der Waals surface area (Å²) in [5.41, 5.74) is 2.67. The van der Waals surface area contributed by atoms with Gasteiger partial charge in [-0.15, -0.1) is 21.3 Å². The van der Waals surface area contributed by atoms with E-state index in [9.17, 15) is 0 Å². The van der Waals surface area contributed by atoms with E-state index in [1.165, 1.54) is 20.0 Å². The lowest BCUT2D eigenvalue weighted by Gasteiger charge is -2.01. The van der Waals surface area contributed by atoms with E-state index in [1.807, 2.05) is 0 Å². The Morgan fingerprint density at radius 3 is 1.25 bits per heavy atom. The topological polar surface area (TPSA) is 0 Å². The first kappa shape index (κ1) is 13.3. The van der Waals surface area contributed by atoms with Crippen LogP contribution in [0.25, 0.3) is 0 Å². The van der Waals surface area contributed by atoms with Crippen molar-refractivity contribution in [2.75, 3.05) is 0 Å². The second kappa shape index (κ2) is 6.11. The van der Waals surface area contributed by atoms with Crippen LogP contribution < -0.4 is 8.85 Å². The van der Waals surface area contributed by atoms with E-state index < -0.39 is 0 Å². The van der Waals surface area contributed by atoms with Crippen LogP contribution >= 0.6 is 12.4 Å². The maximum Gasteiger partial charge on any atom is 0.298 e. The molecule has 81 valence electrons. The molecule has 0 amide bonds. The first-order chi connectivity index (χ1) is 7.24. The Bertz CT molecular complexity index is 388. The molecule has 0 unspecified atom stereocenters. The zero-order valence-electron chi connectivity index (χ0n) is 9.60. The average Bonchev–Trinajstić information content (AvgIpc) is 2.25. The van der Waals surface area contributed by atoms with Crippen molar-refractivity contribution >= 4 is 36.5 Å². The van der Waals surface area contributed by atoms with Gasteiger partial charge in [-0.1, -0.05) is 59.7 Å². The summed E-state index contributed by atoms with van der Waals surface area (Å²) >= 11 is 0.252. The maximum absolute atomic E-state index is 2.24. The SMILES string of the molecule is Cc1cc[c]([Al][c]2ccc(C)cc2)cc1.Cl. The molecule has 0 aliphatic carbocycles. The third-order valence-electron chi connectivity index (χ3n) is 2.49. The van der Waals surface area contributed by atoms with Crippen LogP contribution in [0.5, 0.6) is 0 Å². The number of hydrogen-bond acceptors (Lipinski definition) is 0. The Labute approximate surface area is 110 Å². The average molecular weight is 246 g/mol. The van der Waals surface area contributed by atoms with E-state index in [2.05, 4.69) is 62.4 Å². The molecule has 2 aromatic rings. The molecule has 0 saturated heterocycles. The molecule has 2 rings (SSSR count). The molecule has 0 saturated carbocycles. The van der Waals surface area contributed by atoms with Gasteiger partial charge in [-0.25, -0.2) is 0 Å². The van der Waals surface area contributed by atoms with Gasteiger partial charge in [0.15, 0.2) is 0 Å². The number of hydrogen-bond donors (Lipinski definition) is 0. The summed E-state index contributed by atoms with van der Waals surface area (Å²) in [6.45, 7) is 4.26. The van der Waals surface area contributed by atoms with Crippen molar-refractivity contribution in [2.45, 2.75) is 13.8 Å². The molecule has 0 aromatic heterocycles. The van der Waals surface area contributed by atoms with Crippen molar-refractivity contribution in [3.05, 3.63) is 59.7 Å². The highest BCUT2D eigenvalue weighted by Gasteiger charge is 1.98. The van der Waals surface area contributed by atoms with Crippen LogP contribution in [-0.2, 0) is 0 Å². The van der Waals surface area contributed by atoms with Crippen molar-refractivity contribution in [1.29, 1.82) is 0 Å². The molecule has 0 spiro atoms. The molecule has 2 heteroatoms. The number of benzene rings is 2. The smallest absolute Gasteiger partial charge is 0.147 e. The van der Waals surface area contributed by atoms with E-state index in [-0.39, 0.29) is 27.6 Å². The Morgan fingerprint density at radius 1 is 0.625 bits per heavy atom. The molecular formula is C14H15AlCl. The molecule has 0 N–H and O–H groups in total. The van der Waals surface area contributed by atoms with E-state index in [1.54, 1.807) is 0 Å². The van der Waals surface area contributed by atoms with Crippen LogP contribution in [0.15, 0.2) is 48.5 Å². The van der Waals surface area contributed by atoms with Crippen LogP contribution in [0.4, 0.5) is 0 Å². The van der Waals surface area contributed by atoms with Crippen molar-refractivity contribution in [1.82, 2.24) is 0 Å². The van der Waals surface area contributed by atoms with Gasteiger partial charge in [0, 0.05) is 0 Å². The Hall–Kier alpha value is -0.738. The van der Waals surface area contributed by atoms with E-state index >= 15 is 0 Å². The molecule has 0 nitrogen and oxygen atoms in total. The van der Waals surface area contributed by atoms with Crippen molar-refractivity contribution < 1.29 is 0 Å². The summed E-state index contributed by atoms with van der Waals surface area (Å²) in [5.74, 6) is 0. The molecule has 0 bridgehead atoms. The standard InChI is InChI=1S/2C7H7.Al.ClH/c2*1-7-5-3-2-4-6-7;;/h2*3-6H,1H3;;1H. The number of halogens is 1. The normalized spacial score (nSPS) is 9.38. The van der Waals surface area contributed by atoms with Gasteiger partial charge in [-0.2, -0.15) is 0 Å². The molecule has 16 heavy (non-hydrogen) atoms. The quantitative estimate of drug-likeness (QED) is 0.713. The fourth-order valence-electron chi connectivity index (χ4n) is 1.52. The highest BCUT2D eigenvalue weighted by molar-refractivity contribution is 6.67. The molecule has 1 radical (unpaired) electrons. The number of aryl methyl sites for hydroxylation is 2. The Kier molecular flexibility index (Phi) is 5.09. The molecule has 2 aromatic carbocycles. The summed E-state index contributed by atoms with van der Waals surface area (Å²) in [6, 6.07) is 17.7. The summed E-state index contributed by atoms with van der Waals surface area (Å²) < 4.78 is 2.92. The first-order valence-corrected chi connectivity index (χ1v) is 6.37. The minimum atomic E-state index is 0. The van der Waals surface area contributed by atoms with Crippen LogP contribution in [0, 0.1) is 13.8 Å². The van der Waals surface area contributed by atoms with Crippen LogP contribution in [0.2, 0.25) is 0 Å². The van der Waals surface area contributed by atoms with Crippen LogP contribution in [-0.4, -0.2) is 15.2 Å². The molecule has 0 aliphatic rings. The molecule has 0 aliphatic heterocycles. The predicted octanol–water partition coefficient (Wildman–Crippen LogP) is 2.38.